The predicted molar refractivity (Wildman–Crippen MR) is 117 cm³/mol. The Labute approximate surface area is 198 Å². The minimum atomic E-state index is -4.62. The van der Waals surface area contributed by atoms with Gasteiger partial charge in [0.25, 0.3) is 0 Å². The average molecular weight is 545 g/mol. The standard InChI is InChI=1S/C16H24ClN5O10P2/c17-16-19-13(21-32-8-3-1-2-4-8)9-5-18-22(14(9)20-16)15-12(24)11(23)10(31-15)6-30-34(28,29)7-33(25,26)27/h5,8,10-12,15,23-27H,1-4,6-7H2,(H-,19,20,21,28,29)/p+1/t10-,11-,12-,15-/m1/s1. The minimum absolute atomic E-state index is 0.0343. The lowest BCUT2D eigenvalue weighted by Gasteiger charge is -2.17. The fourth-order valence-corrected chi connectivity index (χ4v) is 6.64. The summed E-state index contributed by atoms with van der Waals surface area (Å²) in [5, 5.41) is 25.3. The van der Waals surface area contributed by atoms with E-state index in [1.165, 1.54) is 10.9 Å². The van der Waals surface area contributed by atoms with Crippen LogP contribution < -0.4 is 5.48 Å². The van der Waals surface area contributed by atoms with E-state index in [0.29, 0.717) is 5.39 Å². The Morgan fingerprint density at radius 3 is 2.62 bits per heavy atom. The Morgan fingerprint density at radius 1 is 1.24 bits per heavy atom. The molecule has 2 fully saturated rings. The van der Waals surface area contributed by atoms with Gasteiger partial charge in [-0.25, -0.2) is 10.2 Å². The van der Waals surface area contributed by atoms with Crippen molar-refractivity contribution < 1.29 is 48.4 Å². The van der Waals surface area contributed by atoms with E-state index in [-0.39, 0.29) is 22.9 Å². The molecule has 2 aliphatic rings. The van der Waals surface area contributed by atoms with Gasteiger partial charge in [0.15, 0.2) is 17.7 Å². The lowest BCUT2D eigenvalue weighted by atomic mass is 10.1. The maximum Gasteiger partial charge on any atom is 0.416 e. The molecule has 0 radical (unpaired) electrons. The molecule has 0 spiro atoms. The van der Waals surface area contributed by atoms with Gasteiger partial charge in [-0.3, -0.25) is 9.40 Å². The van der Waals surface area contributed by atoms with Crippen LogP contribution in [0.15, 0.2) is 6.20 Å². The van der Waals surface area contributed by atoms with Crippen LogP contribution in [0.3, 0.4) is 0 Å². The molecule has 190 valence electrons. The fourth-order valence-electron chi connectivity index (χ4n) is 3.85. The van der Waals surface area contributed by atoms with Crippen molar-refractivity contribution in [1.29, 1.82) is 0 Å². The summed E-state index contributed by atoms with van der Waals surface area (Å²) in [6, 6.07) is 0. The highest BCUT2D eigenvalue weighted by atomic mass is 35.5. The maximum atomic E-state index is 11.9. The Kier molecular flexibility index (Phi) is 7.75. The third kappa shape index (κ3) is 6.01. The largest absolute Gasteiger partial charge is 0.416 e. The first-order chi connectivity index (χ1) is 15.9. The van der Waals surface area contributed by atoms with E-state index in [9.17, 15) is 19.7 Å². The third-order valence-corrected chi connectivity index (χ3v) is 9.11. The number of aliphatic hydroxyl groups excluding tert-OH is 2. The molecular formula is C16H25ClN5O10P2+. The van der Waals surface area contributed by atoms with Gasteiger partial charge in [0, 0.05) is 0 Å². The highest BCUT2D eigenvalue weighted by Crippen LogP contribution is 2.60. The first kappa shape index (κ1) is 26.0. The summed E-state index contributed by atoms with van der Waals surface area (Å²) in [6.45, 7) is -0.695. The Bertz CT molecular complexity index is 1060. The molecule has 15 nitrogen and oxygen atoms in total. The molecule has 1 saturated heterocycles. The summed E-state index contributed by atoms with van der Waals surface area (Å²) in [6.07, 6.45) is -0.244. The highest BCUT2D eigenvalue weighted by molar-refractivity contribution is 7.73. The van der Waals surface area contributed by atoms with Crippen molar-refractivity contribution in [2.45, 2.75) is 56.3 Å². The number of hydrogen-bond donors (Lipinski definition) is 7. The number of rotatable bonds is 9. The molecule has 1 unspecified atom stereocenters. The topological polar surface area (TPSA) is 222 Å². The summed E-state index contributed by atoms with van der Waals surface area (Å²) in [7, 11) is -9.19. The molecule has 1 aliphatic heterocycles. The number of nitrogens with zero attached hydrogens (tertiary/aromatic N) is 4. The van der Waals surface area contributed by atoms with Crippen LogP contribution in [0.2, 0.25) is 5.28 Å². The number of aliphatic hydroxyl groups is 2. The summed E-state index contributed by atoms with van der Waals surface area (Å²) in [5.41, 5.74) is 2.94. The molecule has 4 rings (SSSR count). The summed E-state index contributed by atoms with van der Waals surface area (Å²) in [5.74, 6) is -1.03. The second-order valence-corrected chi connectivity index (χ2v) is 12.5. The second kappa shape index (κ2) is 10.1. The van der Waals surface area contributed by atoms with Crippen LogP contribution in [0.1, 0.15) is 31.9 Å². The Balaban J connectivity index is 1.49. The Morgan fingerprint density at radius 2 is 1.94 bits per heavy atom. The normalized spacial score (nSPS) is 28.0. The second-order valence-electron chi connectivity index (χ2n) is 8.11. The number of nitrogens with one attached hydrogen (secondary N) is 1. The molecule has 34 heavy (non-hydrogen) atoms. The van der Waals surface area contributed by atoms with Gasteiger partial charge in [-0.1, -0.05) is 12.8 Å². The summed E-state index contributed by atoms with van der Waals surface area (Å²) < 4.78 is 23.4. The maximum absolute atomic E-state index is 11.9. The van der Waals surface area contributed by atoms with Crippen LogP contribution >= 0.6 is 27.1 Å². The molecule has 1 aliphatic carbocycles. The highest BCUT2D eigenvalue weighted by Gasteiger charge is 2.47. The van der Waals surface area contributed by atoms with Gasteiger partial charge in [-0.15, -0.1) is 0 Å². The van der Waals surface area contributed by atoms with Gasteiger partial charge in [-0.2, -0.15) is 29.7 Å². The molecule has 3 heterocycles. The van der Waals surface area contributed by atoms with Crippen molar-refractivity contribution in [3.8, 4) is 0 Å². The van der Waals surface area contributed by atoms with Crippen molar-refractivity contribution in [3.05, 3.63) is 11.5 Å². The molecule has 0 amide bonds. The number of ether oxygens (including phenoxy) is 1. The Hall–Kier alpha value is -1.06. The molecular weight excluding hydrogens is 520 g/mol. The average Bonchev–Trinajstić information content (AvgIpc) is 3.44. The number of halogens is 1. The number of hydrogen-bond acceptors (Lipinski definition) is 13. The fraction of sp³-hybridized carbons (Fsp3) is 0.688. The van der Waals surface area contributed by atoms with Crippen LogP contribution in [0.5, 0.6) is 0 Å². The van der Waals surface area contributed by atoms with Crippen molar-refractivity contribution in [3.63, 3.8) is 0 Å². The lowest BCUT2D eigenvalue weighted by molar-refractivity contribution is -0.0541. The molecule has 18 heteroatoms. The van der Waals surface area contributed by atoms with Crippen molar-refractivity contribution in [2.75, 3.05) is 18.0 Å². The molecule has 1 saturated carbocycles. The van der Waals surface area contributed by atoms with Gasteiger partial charge in [-0.05, 0) is 24.4 Å². The zero-order chi connectivity index (χ0) is 24.7. The van der Waals surface area contributed by atoms with Crippen LogP contribution in [0, 0.1) is 0 Å². The molecule has 2 aromatic heterocycles. The quantitative estimate of drug-likeness (QED) is 0.128. The van der Waals surface area contributed by atoms with Gasteiger partial charge in [0.1, 0.15) is 18.3 Å². The van der Waals surface area contributed by atoms with E-state index in [1.54, 1.807) is 0 Å². The van der Waals surface area contributed by atoms with Gasteiger partial charge in [0.2, 0.25) is 11.2 Å². The van der Waals surface area contributed by atoms with Crippen LogP contribution in [0.4, 0.5) is 5.82 Å². The van der Waals surface area contributed by atoms with Gasteiger partial charge < -0.3 is 24.4 Å². The van der Waals surface area contributed by atoms with Crippen LogP contribution in [0.25, 0.3) is 11.0 Å². The van der Waals surface area contributed by atoms with Crippen LogP contribution in [-0.4, -0.2) is 86.5 Å². The van der Waals surface area contributed by atoms with Crippen LogP contribution in [-0.2, 0) is 18.7 Å². The zero-order valence-corrected chi connectivity index (χ0v) is 20.1. The minimum Gasteiger partial charge on any atom is -0.387 e. The van der Waals surface area contributed by atoms with E-state index < -0.39 is 52.6 Å². The molecule has 0 aromatic carbocycles. The smallest absolute Gasteiger partial charge is 0.387 e. The first-order valence-electron chi connectivity index (χ1n) is 10.3. The predicted octanol–water partition coefficient (Wildman–Crippen LogP) is 0.284. The SMILES string of the molecule is O=P(O)(C[P+](O)(O)O)OC[C@H]1O[C@@H](n2ncc3c(NOC4CCCC4)nc(Cl)nc32)[C@H](O)[C@@H]1O. The third-order valence-electron chi connectivity index (χ3n) is 5.44. The molecule has 5 atom stereocenters. The van der Waals surface area contributed by atoms with E-state index in [0.717, 1.165) is 25.7 Å². The van der Waals surface area contributed by atoms with E-state index >= 15 is 0 Å². The van der Waals surface area contributed by atoms with E-state index in [4.69, 9.17) is 40.4 Å². The van der Waals surface area contributed by atoms with E-state index in [1.807, 2.05) is 0 Å². The number of aromatic nitrogens is 4. The van der Waals surface area contributed by atoms with Crippen molar-refractivity contribution in [2.24, 2.45) is 0 Å². The molecule has 0 bridgehead atoms. The first-order valence-corrected chi connectivity index (χ1v) is 14.3. The monoisotopic (exact) mass is 544 g/mol. The summed E-state index contributed by atoms with van der Waals surface area (Å²) >= 11 is 6.05. The lowest BCUT2D eigenvalue weighted by Crippen LogP contribution is -2.33. The summed E-state index contributed by atoms with van der Waals surface area (Å²) in [4.78, 5) is 50.5. The van der Waals surface area contributed by atoms with E-state index in [2.05, 4.69) is 20.5 Å². The van der Waals surface area contributed by atoms with Crippen molar-refractivity contribution >= 4 is 44.0 Å². The zero-order valence-electron chi connectivity index (χ0n) is 17.6. The van der Waals surface area contributed by atoms with Crippen molar-refractivity contribution in [1.82, 2.24) is 19.7 Å². The number of anilines is 1. The number of fused-ring (bicyclic) bond motifs is 1. The molecule has 7 N–H and O–H groups in total. The molecule has 2 aromatic rings. The van der Waals surface area contributed by atoms with Gasteiger partial charge >= 0.3 is 15.5 Å². The van der Waals surface area contributed by atoms with Gasteiger partial charge in [0.05, 0.1) is 24.3 Å².